The fourth-order valence-electron chi connectivity index (χ4n) is 1.45. The van der Waals surface area contributed by atoms with E-state index in [1.807, 2.05) is 30.3 Å². The first-order valence-corrected chi connectivity index (χ1v) is 6.60. The van der Waals surface area contributed by atoms with Gasteiger partial charge in [0.05, 0.1) is 0 Å². The van der Waals surface area contributed by atoms with Crippen molar-refractivity contribution in [2.45, 2.75) is 0 Å². The maximum atomic E-state index is 5.59. The number of hydrogen-bond acceptors (Lipinski definition) is 2. The minimum atomic E-state index is 0.663. The predicted octanol–water partition coefficient (Wildman–Crippen LogP) is 3.78. The third kappa shape index (κ3) is 4.26. The smallest absolute Gasteiger partial charge is 0.119 e. The summed E-state index contributed by atoms with van der Waals surface area (Å²) < 4.78 is 6.83. The van der Waals surface area contributed by atoms with Crippen molar-refractivity contribution in [3.05, 3.63) is 58.2 Å². The number of para-hydroxylation sites is 1. The van der Waals surface area contributed by atoms with Crippen molar-refractivity contribution in [1.82, 2.24) is 0 Å². The Kier molecular flexibility index (Phi) is 4.67. The van der Waals surface area contributed by atoms with Crippen LogP contribution in [0.1, 0.15) is 0 Å². The molecular weight excluding hydrogens is 325 g/mol. The van der Waals surface area contributed by atoms with Crippen molar-refractivity contribution in [3.63, 3.8) is 0 Å². The number of rotatable bonds is 5. The molecule has 0 heterocycles. The summed E-state index contributed by atoms with van der Waals surface area (Å²) in [5.41, 5.74) is 1.13. The van der Waals surface area contributed by atoms with E-state index in [1.165, 1.54) is 3.57 Å². The molecule has 0 aliphatic heterocycles. The van der Waals surface area contributed by atoms with Crippen LogP contribution in [-0.2, 0) is 0 Å². The van der Waals surface area contributed by atoms with Crippen LogP contribution < -0.4 is 10.1 Å². The second kappa shape index (κ2) is 6.49. The van der Waals surface area contributed by atoms with Gasteiger partial charge in [0.15, 0.2) is 0 Å². The van der Waals surface area contributed by atoms with Crippen LogP contribution in [0.3, 0.4) is 0 Å². The first-order chi connectivity index (χ1) is 8.34. The summed E-state index contributed by atoms with van der Waals surface area (Å²) in [6, 6.07) is 18.2. The van der Waals surface area contributed by atoms with Crippen molar-refractivity contribution >= 4 is 28.3 Å². The zero-order chi connectivity index (χ0) is 11.9. The second-order valence-corrected chi connectivity index (χ2v) is 4.84. The first kappa shape index (κ1) is 12.2. The van der Waals surface area contributed by atoms with Crippen LogP contribution in [0.2, 0.25) is 0 Å². The lowest BCUT2D eigenvalue weighted by Crippen LogP contribution is -2.11. The topological polar surface area (TPSA) is 21.3 Å². The van der Waals surface area contributed by atoms with E-state index in [2.05, 4.69) is 52.2 Å². The molecular formula is C14H14INO. The lowest BCUT2D eigenvalue weighted by Gasteiger charge is -2.08. The molecule has 0 fully saturated rings. The number of anilines is 1. The third-order valence-electron chi connectivity index (χ3n) is 2.29. The maximum absolute atomic E-state index is 5.59. The molecule has 3 heteroatoms. The maximum Gasteiger partial charge on any atom is 0.119 e. The van der Waals surface area contributed by atoms with Gasteiger partial charge in [-0.15, -0.1) is 0 Å². The van der Waals surface area contributed by atoms with Crippen LogP contribution in [0.5, 0.6) is 5.75 Å². The van der Waals surface area contributed by atoms with Gasteiger partial charge in [0.2, 0.25) is 0 Å². The molecule has 17 heavy (non-hydrogen) atoms. The normalized spacial score (nSPS) is 9.94. The number of nitrogens with one attached hydrogen (secondary N) is 1. The van der Waals surface area contributed by atoms with Gasteiger partial charge in [-0.05, 0) is 59.0 Å². The van der Waals surface area contributed by atoms with E-state index in [9.17, 15) is 0 Å². The molecule has 2 aromatic rings. The van der Waals surface area contributed by atoms with Crippen LogP contribution >= 0.6 is 22.6 Å². The van der Waals surface area contributed by atoms with Crippen molar-refractivity contribution in [1.29, 1.82) is 0 Å². The van der Waals surface area contributed by atoms with Crippen LogP contribution in [0, 0.1) is 3.57 Å². The second-order valence-electron chi connectivity index (χ2n) is 3.60. The Labute approximate surface area is 115 Å². The van der Waals surface area contributed by atoms with E-state index >= 15 is 0 Å². The van der Waals surface area contributed by atoms with Gasteiger partial charge in [-0.1, -0.05) is 18.2 Å². The molecule has 0 aromatic heterocycles. The van der Waals surface area contributed by atoms with Crippen molar-refractivity contribution < 1.29 is 4.74 Å². The quantitative estimate of drug-likeness (QED) is 0.661. The summed E-state index contributed by atoms with van der Waals surface area (Å²) in [5.74, 6) is 0.914. The van der Waals surface area contributed by atoms with Crippen LogP contribution in [0.15, 0.2) is 54.6 Å². The molecule has 0 bridgehead atoms. The Morgan fingerprint density at radius 2 is 1.65 bits per heavy atom. The fraction of sp³-hybridized carbons (Fsp3) is 0.143. The Balaban J connectivity index is 1.71. The number of ether oxygens (including phenoxy) is 1. The molecule has 0 saturated heterocycles. The summed E-state index contributed by atoms with van der Waals surface area (Å²) >= 11 is 2.30. The number of benzene rings is 2. The monoisotopic (exact) mass is 339 g/mol. The Bertz CT molecular complexity index is 442. The molecule has 1 N–H and O–H groups in total. The zero-order valence-corrected chi connectivity index (χ0v) is 11.6. The lowest BCUT2D eigenvalue weighted by molar-refractivity contribution is 0.333. The largest absolute Gasteiger partial charge is 0.492 e. The highest BCUT2D eigenvalue weighted by Crippen LogP contribution is 2.11. The average Bonchev–Trinajstić information content (AvgIpc) is 2.38. The molecule has 0 atom stereocenters. The van der Waals surface area contributed by atoms with Gasteiger partial charge >= 0.3 is 0 Å². The van der Waals surface area contributed by atoms with Crippen LogP contribution in [0.4, 0.5) is 5.69 Å². The Morgan fingerprint density at radius 3 is 2.35 bits per heavy atom. The zero-order valence-electron chi connectivity index (χ0n) is 9.40. The SMILES string of the molecule is Ic1ccc(NCCOc2ccccc2)cc1. The van der Waals surface area contributed by atoms with Crippen molar-refractivity contribution in [2.24, 2.45) is 0 Å². The van der Waals surface area contributed by atoms with E-state index in [0.29, 0.717) is 6.61 Å². The van der Waals surface area contributed by atoms with Gasteiger partial charge in [0, 0.05) is 15.8 Å². The minimum Gasteiger partial charge on any atom is -0.492 e. The number of hydrogen-bond donors (Lipinski definition) is 1. The van der Waals surface area contributed by atoms with Gasteiger partial charge in [-0.3, -0.25) is 0 Å². The summed E-state index contributed by atoms with van der Waals surface area (Å²) in [7, 11) is 0. The molecule has 0 radical (unpaired) electrons. The molecule has 88 valence electrons. The van der Waals surface area contributed by atoms with Gasteiger partial charge in [0.25, 0.3) is 0 Å². The molecule has 2 nitrogen and oxygen atoms in total. The summed E-state index contributed by atoms with van der Waals surface area (Å²) in [6.45, 7) is 1.46. The summed E-state index contributed by atoms with van der Waals surface area (Å²) in [5, 5.41) is 3.31. The molecule has 0 spiro atoms. The molecule has 0 unspecified atom stereocenters. The van der Waals surface area contributed by atoms with Gasteiger partial charge < -0.3 is 10.1 Å². The molecule has 0 aliphatic rings. The highest BCUT2D eigenvalue weighted by Gasteiger charge is 1.93. The van der Waals surface area contributed by atoms with E-state index in [1.54, 1.807) is 0 Å². The molecule has 0 amide bonds. The molecule has 0 saturated carbocycles. The standard InChI is InChI=1S/C14H14INO/c15-12-6-8-13(9-7-12)16-10-11-17-14-4-2-1-3-5-14/h1-9,16H,10-11H2. The van der Waals surface area contributed by atoms with E-state index in [4.69, 9.17) is 4.74 Å². The van der Waals surface area contributed by atoms with E-state index in [0.717, 1.165) is 18.0 Å². The van der Waals surface area contributed by atoms with Gasteiger partial charge in [-0.2, -0.15) is 0 Å². The van der Waals surface area contributed by atoms with E-state index < -0.39 is 0 Å². The van der Waals surface area contributed by atoms with Gasteiger partial charge in [0.1, 0.15) is 12.4 Å². The summed E-state index contributed by atoms with van der Waals surface area (Å²) in [4.78, 5) is 0. The highest BCUT2D eigenvalue weighted by atomic mass is 127. The lowest BCUT2D eigenvalue weighted by atomic mass is 10.3. The summed E-state index contributed by atoms with van der Waals surface area (Å²) in [6.07, 6.45) is 0. The average molecular weight is 339 g/mol. The van der Waals surface area contributed by atoms with Crippen molar-refractivity contribution in [2.75, 3.05) is 18.5 Å². The minimum absolute atomic E-state index is 0.663. The highest BCUT2D eigenvalue weighted by molar-refractivity contribution is 14.1. The predicted molar refractivity (Wildman–Crippen MR) is 79.6 cm³/mol. The van der Waals surface area contributed by atoms with Gasteiger partial charge in [-0.25, -0.2) is 0 Å². The van der Waals surface area contributed by atoms with Crippen LogP contribution in [-0.4, -0.2) is 13.2 Å². The van der Waals surface area contributed by atoms with Crippen molar-refractivity contribution in [3.8, 4) is 5.75 Å². The molecule has 2 aromatic carbocycles. The van der Waals surface area contributed by atoms with E-state index in [-0.39, 0.29) is 0 Å². The Morgan fingerprint density at radius 1 is 0.941 bits per heavy atom. The molecule has 2 rings (SSSR count). The number of halogens is 1. The first-order valence-electron chi connectivity index (χ1n) is 5.52. The molecule has 0 aliphatic carbocycles. The third-order valence-corrected chi connectivity index (χ3v) is 3.01. The fourth-order valence-corrected chi connectivity index (χ4v) is 1.81. The Hall–Kier alpha value is -1.23. The van der Waals surface area contributed by atoms with Crippen LogP contribution in [0.25, 0.3) is 0 Å².